The lowest BCUT2D eigenvalue weighted by atomic mass is 10.0. The van der Waals surface area contributed by atoms with E-state index in [-0.39, 0.29) is 12.2 Å². The molecule has 0 radical (unpaired) electrons. The Balaban J connectivity index is 1.94. The number of quaternary nitrogens is 1. The van der Waals surface area contributed by atoms with Crippen molar-refractivity contribution in [3.63, 3.8) is 0 Å². The SMILES string of the molecule is CCOC(=O)c1c(NC(=O)c2cccc(F)c2)sc2c1CC[NH+](CC)C2. The minimum absolute atomic E-state index is 0.215. The van der Waals surface area contributed by atoms with Gasteiger partial charge in [-0.15, -0.1) is 11.3 Å². The average Bonchev–Trinajstić information content (AvgIpc) is 2.98. The maximum atomic E-state index is 13.4. The molecule has 1 amide bonds. The number of hydrogen-bond acceptors (Lipinski definition) is 4. The third-order valence-corrected chi connectivity index (χ3v) is 5.67. The molecule has 1 aromatic heterocycles. The summed E-state index contributed by atoms with van der Waals surface area (Å²) in [7, 11) is 0. The van der Waals surface area contributed by atoms with Gasteiger partial charge in [0.2, 0.25) is 0 Å². The van der Waals surface area contributed by atoms with Crippen molar-refractivity contribution in [2.75, 3.05) is 25.0 Å². The van der Waals surface area contributed by atoms with Crippen molar-refractivity contribution in [2.24, 2.45) is 0 Å². The normalized spacial score (nSPS) is 16.0. The molecule has 0 fully saturated rings. The van der Waals surface area contributed by atoms with Crippen molar-refractivity contribution < 1.29 is 23.6 Å². The first-order valence-electron chi connectivity index (χ1n) is 8.75. The molecule has 0 spiro atoms. The molecule has 1 aromatic carbocycles. The number of benzene rings is 1. The molecule has 26 heavy (non-hydrogen) atoms. The molecule has 1 aliphatic rings. The molecule has 2 N–H and O–H groups in total. The van der Waals surface area contributed by atoms with Crippen molar-refractivity contribution in [2.45, 2.75) is 26.8 Å². The third-order valence-electron chi connectivity index (χ3n) is 4.52. The lowest BCUT2D eigenvalue weighted by Crippen LogP contribution is -3.11. The van der Waals surface area contributed by atoms with Crippen molar-refractivity contribution in [1.82, 2.24) is 0 Å². The van der Waals surface area contributed by atoms with Gasteiger partial charge in [0.05, 0.1) is 30.1 Å². The van der Waals surface area contributed by atoms with Crippen LogP contribution in [-0.2, 0) is 17.7 Å². The molecule has 0 bridgehead atoms. The Hall–Kier alpha value is -2.25. The number of anilines is 1. The Morgan fingerprint density at radius 2 is 2.15 bits per heavy atom. The summed E-state index contributed by atoms with van der Waals surface area (Å²) in [6, 6.07) is 5.49. The number of nitrogens with one attached hydrogen (secondary N) is 2. The second kappa shape index (κ2) is 7.97. The number of esters is 1. The van der Waals surface area contributed by atoms with E-state index < -0.39 is 17.7 Å². The zero-order valence-electron chi connectivity index (χ0n) is 14.9. The average molecular weight is 377 g/mol. The summed E-state index contributed by atoms with van der Waals surface area (Å²) < 4.78 is 18.6. The van der Waals surface area contributed by atoms with Gasteiger partial charge >= 0.3 is 5.97 Å². The molecule has 1 atom stereocenters. The van der Waals surface area contributed by atoms with Crippen molar-refractivity contribution >= 4 is 28.2 Å². The maximum Gasteiger partial charge on any atom is 0.341 e. The van der Waals surface area contributed by atoms with Gasteiger partial charge in [-0.2, -0.15) is 0 Å². The molecule has 2 aromatic rings. The van der Waals surface area contributed by atoms with Gasteiger partial charge in [-0.1, -0.05) is 6.07 Å². The highest BCUT2D eigenvalue weighted by atomic mass is 32.1. The van der Waals surface area contributed by atoms with Crippen LogP contribution in [-0.4, -0.2) is 31.6 Å². The number of fused-ring (bicyclic) bond motifs is 1. The lowest BCUT2D eigenvalue weighted by Gasteiger charge is -2.22. The Kier molecular flexibility index (Phi) is 5.68. The Morgan fingerprint density at radius 1 is 1.35 bits per heavy atom. The van der Waals surface area contributed by atoms with Crippen LogP contribution in [0.3, 0.4) is 0 Å². The largest absolute Gasteiger partial charge is 0.462 e. The van der Waals surface area contributed by atoms with E-state index in [2.05, 4.69) is 12.2 Å². The fourth-order valence-electron chi connectivity index (χ4n) is 3.15. The Bertz CT molecular complexity index is 834. The van der Waals surface area contributed by atoms with Crippen LogP contribution in [0, 0.1) is 5.82 Å². The van der Waals surface area contributed by atoms with Gasteiger partial charge in [0, 0.05) is 12.0 Å². The van der Waals surface area contributed by atoms with Crippen LogP contribution in [0.5, 0.6) is 0 Å². The summed E-state index contributed by atoms with van der Waals surface area (Å²) in [6.45, 7) is 6.95. The fourth-order valence-corrected chi connectivity index (χ4v) is 4.45. The summed E-state index contributed by atoms with van der Waals surface area (Å²) in [5.74, 6) is -1.33. The molecule has 1 unspecified atom stereocenters. The molecule has 3 rings (SSSR count). The number of likely N-dealkylation sites (N-methyl/N-ethyl adjacent to an activating group) is 1. The lowest BCUT2D eigenvalue weighted by molar-refractivity contribution is -0.913. The van der Waals surface area contributed by atoms with E-state index in [0.717, 1.165) is 36.5 Å². The number of thiophene rings is 1. The van der Waals surface area contributed by atoms with Gasteiger partial charge in [0.25, 0.3) is 5.91 Å². The summed E-state index contributed by atoms with van der Waals surface area (Å²) in [5.41, 5.74) is 1.64. The van der Waals surface area contributed by atoms with Crippen LogP contribution in [0.4, 0.5) is 9.39 Å². The van der Waals surface area contributed by atoms with E-state index in [1.54, 1.807) is 13.0 Å². The number of hydrogen-bond donors (Lipinski definition) is 2. The van der Waals surface area contributed by atoms with E-state index in [4.69, 9.17) is 4.74 Å². The zero-order valence-corrected chi connectivity index (χ0v) is 15.7. The van der Waals surface area contributed by atoms with Crippen LogP contribution in [0.15, 0.2) is 24.3 Å². The van der Waals surface area contributed by atoms with Crippen molar-refractivity contribution in [1.29, 1.82) is 0 Å². The predicted molar refractivity (Wildman–Crippen MR) is 98.4 cm³/mol. The van der Waals surface area contributed by atoms with Crippen LogP contribution >= 0.6 is 11.3 Å². The summed E-state index contributed by atoms with van der Waals surface area (Å²) >= 11 is 1.42. The molecule has 7 heteroatoms. The number of rotatable bonds is 5. The van der Waals surface area contributed by atoms with Gasteiger partial charge in [-0.25, -0.2) is 9.18 Å². The Labute approximate surface area is 155 Å². The minimum atomic E-state index is -0.476. The zero-order chi connectivity index (χ0) is 18.7. The molecule has 0 aliphatic carbocycles. The molecule has 2 heterocycles. The van der Waals surface area contributed by atoms with E-state index in [0.29, 0.717) is 10.6 Å². The van der Waals surface area contributed by atoms with Crippen molar-refractivity contribution in [3.05, 3.63) is 51.7 Å². The van der Waals surface area contributed by atoms with E-state index >= 15 is 0 Å². The van der Waals surface area contributed by atoms with E-state index in [1.165, 1.54) is 34.4 Å². The summed E-state index contributed by atoms with van der Waals surface area (Å²) in [5, 5.41) is 3.27. The van der Waals surface area contributed by atoms with Crippen LogP contribution in [0.1, 0.15) is 45.0 Å². The summed E-state index contributed by atoms with van der Waals surface area (Å²) in [6.07, 6.45) is 0.777. The predicted octanol–water partition coefficient (Wildman–Crippen LogP) is 2.28. The third kappa shape index (κ3) is 3.78. The minimum Gasteiger partial charge on any atom is -0.462 e. The molecule has 0 saturated carbocycles. The number of carbonyl (C=O) groups excluding carboxylic acids is 2. The van der Waals surface area contributed by atoms with Crippen LogP contribution < -0.4 is 10.2 Å². The number of halogens is 1. The highest BCUT2D eigenvalue weighted by molar-refractivity contribution is 7.17. The monoisotopic (exact) mass is 377 g/mol. The molecule has 1 aliphatic heterocycles. The first-order chi connectivity index (χ1) is 12.5. The van der Waals surface area contributed by atoms with Gasteiger partial charge in [-0.05, 0) is 37.6 Å². The Morgan fingerprint density at radius 3 is 2.85 bits per heavy atom. The fraction of sp³-hybridized carbons (Fsp3) is 0.368. The van der Waals surface area contributed by atoms with Gasteiger partial charge in [0.15, 0.2) is 0 Å². The van der Waals surface area contributed by atoms with Gasteiger partial charge < -0.3 is 15.0 Å². The number of carbonyl (C=O) groups is 2. The topological polar surface area (TPSA) is 59.8 Å². The molecule has 0 saturated heterocycles. The standard InChI is InChI=1S/C19H21FN2O3S/c1-3-22-9-8-14-15(11-22)26-18(16(14)19(24)25-4-2)21-17(23)12-6-5-7-13(20)10-12/h5-7,10H,3-4,8-9,11H2,1-2H3,(H,21,23)/p+1. The highest BCUT2D eigenvalue weighted by Crippen LogP contribution is 2.35. The second-order valence-corrected chi connectivity index (χ2v) is 7.28. The van der Waals surface area contributed by atoms with Crippen LogP contribution in [0.25, 0.3) is 0 Å². The number of amides is 1. The van der Waals surface area contributed by atoms with Gasteiger partial charge in [0.1, 0.15) is 17.4 Å². The molecule has 5 nitrogen and oxygen atoms in total. The highest BCUT2D eigenvalue weighted by Gasteiger charge is 2.30. The first kappa shape index (κ1) is 18.5. The maximum absolute atomic E-state index is 13.4. The quantitative estimate of drug-likeness (QED) is 0.786. The van der Waals surface area contributed by atoms with Crippen LogP contribution in [0.2, 0.25) is 0 Å². The van der Waals surface area contributed by atoms with E-state index in [9.17, 15) is 14.0 Å². The molecule has 138 valence electrons. The second-order valence-electron chi connectivity index (χ2n) is 6.17. The molecular weight excluding hydrogens is 355 g/mol. The first-order valence-corrected chi connectivity index (χ1v) is 9.57. The number of ether oxygens (including phenoxy) is 1. The summed E-state index contributed by atoms with van der Waals surface area (Å²) in [4.78, 5) is 27.5. The van der Waals surface area contributed by atoms with E-state index in [1.807, 2.05) is 0 Å². The molecular formula is C19H22FN2O3S+. The van der Waals surface area contributed by atoms with Crippen molar-refractivity contribution in [3.8, 4) is 0 Å². The van der Waals surface area contributed by atoms with Gasteiger partial charge in [-0.3, -0.25) is 4.79 Å². The smallest absolute Gasteiger partial charge is 0.341 e.